The van der Waals surface area contributed by atoms with Crippen molar-refractivity contribution in [3.8, 4) is 0 Å². The zero-order valence-corrected chi connectivity index (χ0v) is 6.11. The minimum Gasteiger partial charge on any atom is -1.00 e. The molecule has 0 heterocycles. The molecule has 0 bridgehead atoms. The number of carbonyl (C=O) groups excluding carboxylic acids is 1. The predicted molar refractivity (Wildman–Crippen MR) is 27.5 cm³/mol. The molecule has 0 saturated heterocycles. The molecule has 2 N–H and O–H groups in total. The smallest absolute Gasteiger partial charge is 1.00 e. The van der Waals surface area contributed by atoms with Gasteiger partial charge < -0.3 is 8.59 Å². The van der Waals surface area contributed by atoms with Crippen LogP contribution in [0.3, 0.4) is 0 Å². The van der Waals surface area contributed by atoms with Gasteiger partial charge in [0.15, 0.2) is 0 Å². The van der Waals surface area contributed by atoms with Crippen LogP contribution in [-0.4, -0.2) is 43.6 Å². The van der Waals surface area contributed by atoms with Gasteiger partial charge in [-0.25, -0.2) is 0 Å². The van der Waals surface area contributed by atoms with Gasteiger partial charge in [-0.2, -0.15) is 0 Å². The molecule has 0 aromatic heterocycles. The first kappa shape index (κ1) is 9.88. The maximum Gasteiger partial charge on any atom is 2.00 e. The van der Waals surface area contributed by atoms with E-state index < -0.39 is 0 Å². The Kier molecular flexibility index (Phi) is 9.43. The number of amides is 1. The molecule has 6 heavy (non-hydrogen) atoms. The molecule has 0 spiro atoms. The molecular formula is C3H9CaNO. The Morgan fingerprint density at radius 2 is 2.17 bits per heavy atom. The van der Waals surface area contributed by atoms with Crippen LogP contribution in [0.4, 0.5) is 0 Å². The summed E-state index contributed by atoms with van der Waals surface area (Å²) in [5, 5.41) is 0. The monoisotopic (exact) mass is 115 g/mol. The summed E-state index contributed by atoms with van der Waals surface area (Å²) in [7, 11) is 0. The van der Waals surface area contributed by atoms with Crippen LogP contribution in [0, 0.1) is 0 Å². The molecule has 0 aromatic rings. The topological polar surface area (TPSA) is 43.1 Å². The summed E-state index contributed by atoms with van der Waals surface area (Å²) >= 11 is 0. The van der Waals surface area contributed by atoms with Crippen molar-refractivity contribution in [2.45, 2.75) is 13.3 Å². The first-order valence-corrected chi connectivity index (χ1v) is 1.55. The van der Waals surface area contributed by atoms with E-state index in [1.165, 1.54) is 0 Å². The summed E-state index contributed by atoms with van der Waals surface area (Å²) in [6, 6.07) is 0. The summed E-state index contributed by atoms with van der Waals surface area (Å²) in [6.45, 7) is 1.72. The van der Waals surface area contributed by atoms with E-state index in [0.717, 1.165) is 0 Å². The minimum absolute atomic E-state index is 0. The number of hydrogen-bond acceptors (Lipinski definition) is 1. The van der Waals surface area contributed by atoms with Crippen molar-refractivity contribution in [3.63, 3.8) is 0 Å². The van der Waals surface area contributed by atoms with Crippen LogP contribution in [-0.2, 0) is 4.79 Å². The van der Waals surface area contributed by atoms with Crippen molar-refractivity contribution >= 4 is 43.6 Å². The van der Waals surface area contributed by atoms with Gasteiger partial charge in [0, 0.05) is 6.42 Å². The fourth-order valence-corrected chi connectivity index (χ4v) is 0. The molecule has 0 atom stereocenters. The van der Waals surface area contributed by atoms with Crippen LogP contribution < -0.4 is 5.73 Å². The molecule has 0 saturated carbocycles. The summed E-state index contributed by atoms with van der Waals surface area (Å²) in [5.41, 5.74) is 4.65. The molecule has 0 aliphatic carbocycles. The van der Waals surface area contributed by atoms with E-state index in [0.29, 0.717) is 6.42 Å². The van der Waals surface area contributed by atoms with E-state index in [1.54, 1.807) is 6.92 Å². The molecule has 0 aromatic carbocycles. The van der Waals surface area contributed by atoms with Crippen molar-refractivity contribution in [2.75, 3.05) is 0 Å². The zero-order chi connectivity index (χ0) is 4.28. The van der Waals surface area contributed by atoms with Crippen LogP contribution >= 0.6 is 0 Å². The number of rotatable bonds is 1. The average molecular weight is 115 g/mol. The van der Waals surface area contributed by atoms with E-state index >= 15 is 0 Å². The SMILES string of the molecule is CCC(N)=O.[Ca+2].[H-].[H-]. The van der Waals surface area contributed by atoms with Gasteiger partial charge in [0.2, 0.25) is 5.91 Å². The Morgan fingerprint density at radius 1 is 2.00 bits per heavy atom. The standard InChI is InChI=1S/C3H7NO.Ca.2H/c1-2-3(4)5;;;/h2H2,1H3,(H2,4,5);;;/q;+2;2*-1. The Morgan fingerprint density at radius 3 is 2.17 bits per heavy atom. The third kappa shape index (κ3) is 8.83. The molecule has 1 amide bonds. The molecule has 34 valence electrons. The zero-order valence-electron chi connectivity index (χ0n) is 5.90. The van der Waals surface area contributed by atoms with Crippen LogP contribution in [0.25, 0.3) is 0 Å². The molecule has 0 aliphatic rings. The van der Waals surface area contributed by atoms with Gasteiger partial charge in [-0.15, -0.1) is 0 Å². The summed E-state index contributed by atoms with van der Waals surface area (Å²) in [6.07, 6.45) is 0.444. The van der Waals surface area contributed by atoms with E-state index in [1.807, 2.05) is 0 Å². The van der Waals surface area contributed by atoms with Crippen molar-refractivity contribution in [2.24, 2.45) is 5.73 Å². The van der Waals surface area contributed by atoms with E-state index in [4.69, 9.17) is 0 Å². The summed E-state index contributed by atoms with van der Waals surface area (Å²) in [4.78, 5) is 9.59. The van der Waals surface area contributed by atoms with Crippen LogP contribution in [0.1, 0.15) is 16.2 Å². The number of carbonyl (C=O) groups is 1. The second kappa shape index (κ2) is 5.73. The molecule has 0 unspecified atom stereocenters. The van der Waals surface area contributed by atoms with E-state index in [9.17, 15) is 4.79 Å². The second-order valence-corrected chi connectivity index (χ2v) is 0.820. The van der Waals surface area contributed by atoms with E-state index in [-0.39, 0.29) is 46.5 Å². The summed E-state index contributed by atoms with van der Waals surface area (Å²) in [5.74, 6) is -0.245. The summed E-state index contributed by atoms with van der Waals surface area (Å²) < 4.78 is 0. The maximum atomic E-state index is 9.59. The second-order valence-electron chi connectivity index (χ2n) is 0.820. The third-order valence-electron chi connectivity index (χ3n) is 0.348. The Balaban J connectivity index is -0.0000000267. The molecule has 3 heteroatoms. The molecule has 0 radical (unpaired) electrons. The predicted octanol–water partition coefficient (Wildman–Crippen LogP) is -0.274. The van der Waals surface area contributed by atoms with Gasteiger partial charge in [0.1, 0.15) is 0 Å². The molecule has 0 rings (SSSR count). The molecule has 0 fully saturated rings. The fourth-order valence-electron chi connectivity index (χ4n) is 0. The van der Waals surface area contributed by atoms with Crippen molar-refractivity contribution in [1.29, 1.82) is 0 Å². The van der Waals surface area contributed by atoms with Crippen LogP contribution in [0.5, 0.6) is 0 Å². The third-order valence-corrected chi connectivity index (χ3v) is 0.348. The Hall–Kier alpha value is 0.730. The Bertz CT molecular complexity index is 52.5. The van der Waals surface area contributed by atoms with Gasteiger partial charge >= 0.3 is 37.7 Å². The number of nitrogens with two attached hydrogens (primary N) is 1. The maximum absolute atomic E-state index is 9.59. The van der Waals surface area contributed by atoms with Crippen molar-refractivity contribution in [1.82, 2.24) is 0 Å². The van der Waals surface area contributed by atoms with Crippen molar-refractivity contribution in [3.05, 3.63) is 0 Å². The van der Waals surface area contributed by atoms with Gasteiger partial charge in [-0.1, -0.05) is 6.92 Å². The largest absolute Gasteiger partial charge is 2.00 e. The van der Waals surface area contributed by atoms with E-state index in [2.05, 4.69) is 5.73 Å². The fraction of sp³-hybridized carbons (Fsp3) is 0.667. The van der Waals surface area contributed by atoms with Gasteiger partial charge in [0.05, 0.1) is 0 Å². The van der Waals surface area contributed by atoms with Gasteiger partial charge in [-0.3, -0.25) is 4.79 Å². The quantitative estimate of drug-likeness (QED) is 0.469. The minimum atomic E-state index is -0.245. The van der Waals surface area contributed by atoms with Gasteiger partial charge in [0.25, 0.3) is 0 Å². The molecule has 2 nitrogen and oxygen atoms in total. The van der Waals surface area contributed by atoms with Gasteiger partial charge in [-0.05, 0) is 0 Å². The first-order valence-electron chi connectivity index (χ1n) is 1.55. The van der Waals surface area contributed by atoms with Crippen LogP contribution in [0.15, 0.2) is 0 Å². The van der Waals surface area contributed by atoms with Crippen molar-refractivity contribution < 1.29 is 7.65 Å². The first-order chi connectivity index (χ1) is 2.27. The molecular weight excluding hydrogens is 106 g/mol. The Labute approximate surface area is 70.1 Å². The number of hydrogen-bond donors (Lipinski definition) is 1. The average Bonchev–Trinajstić information content (AvgIpc) is 1.38. The molecule has 0 aliphatic heterocycles. The number of primary amides is 1. The normalized spacial score (nSPS) is 6.17. The van der Waals surface area contributed by atoms with Crippen LogP contribution in [0.2, 0.25) is 0 Å².